The van der Waals surface area contributed by atoms with Crippen LogP contribution in [0.5, 0.6) is 0 Å². The van der Waals surface area contributed by atoms with Gasteiger partial charge in [-0.2, -0.15) is 5.10 Å². The van der Waals surface area contributed by atoms with Gasteiger partial charge < -0.3 is 10.6 Å². The van der Waals surface area contributed by atoms with E-state index in [1.54, 1.807) is 11.0 Å². The van der Waals surface area contributed by atoms with Crippen molar-refractivity contribution in [3.63, 3.8) is 0 Å². The lowest BCUT2D eigenvalue weighted by atomic mass is 10.2. The van der Waals surface area contributed by atoms with Crippen LogP contribution in [-0.2, 0) is 6.54 Å². The molecule has 0 radical (unpaired) electrons. The SMILES string of the molecule is CCNC(=NCc1ccc(-n2cncn2)cc1)NCCN(C(C)C)C(C)C. The second kappa shape index (κ2) is 10.7. The highest BCUT2D eigenvalue weighted by Crippen LogP contribution is 2.09. The average molecular weight is 372 g/mol. The van der Waals surface area contributed by atoms with Crippen LogP contribution >= 0.6 is 0 Å². The summed E-state index contributed by atoms with van der Waals surface area (Å²) >= 11 is 0. The minimum absolute atomic E-state index is 0.537. The molecule has 2 aromatic rings. The molecule has 27 heavy (non-hydrogen) atoms. The van der Waals surface area contributed by atoms with Crippen LogP contribution in [0.2, 0.25) is 0 Å². The Hall–Kier alpha value is -2.41. The molecule has 0 saturated heterocycles. The van der Waals surface area contributed by atoms with E-state index in [1.807, 2.05) is 12.1 Å². The van der Waals surface area contributed by atoms with Gasteiger partial charge in [-0.3, -0.25) is 4.90 Å². The smallest absolute Gasteiger partial charge is 0.191 e. The third-order valence-electron chi connectivity index (χ3n) is 4.37. The Morgan fingerprint density at radius 3 is 2.37 bits per heavy atom. The Labute approximate surface area is 162 Å². The number of aliphatic imine (C=N–C) groups is 1. The molecule has 0 saturated carbocycles. The molecular weight excluding hydrogens is 338 g/mol. The van der Waals surface area contributed by atoms with Crippen molar-refractivity contribution in [2.75, 3.05) is 19.6 Å². The van der Waals surface area contributed by atoms with E-state index in [9.17, 15) is 0 Å². The van der Waals surface area contributed by atoms with Gasteiger partial charge in [0.1, 0.15) is 12.7 Å². The summed E-state index contributed by atoms with van der Waals surface area (Å²) in [7, 11) is 0. The molecule has 0 fully saturated rings. The van der Waals surface area contributed by atoms with Crippen LogP contribution in [0.15, 0.2) is 41.9 Å². The first kappa shape index (κ1) is 20.9. The number of hydrogen-bond acceptors (Lipinski definition) is 4. The predicted molar refractivity (Wildman–Crippen MR) is 111 cm³/mol. The molecule has 7 nitrogen and oxygen atoms in total. The average Bonchev–Trinajstić information content (AvgIpc) is 3.17. The van der Waals surface area contributed by atoms with Crippen LogP contribution in [-0.4, -0.2) is 57.3 Å². The van der Waals surface area contributed by atoms with Crippen molar-refractivity contribution in [1.29, 1.82) is 0 Å². The molecular formula is C20H33N7. The zero-order chi connectivity index (χ0) is 19.6. The molecule has 0 spiro atoms. The quantitative estimate of drug-likeness (QED) is 0.523. The number of nitrogens with zero attached hydrogens (tertiary/aromatic N) is 5. The van der Waals surface area contributed by atoms with Gasteiger partial charge in [0, 0.05) is 31.7 Å². The van der Waals surface area contributed by atoms with Gasteiger partial charge in [-0.1, -0.05) is 12.1 Å². The van der Waals surface area contributed by atoms with Crippen molar-refractivity contribution in [3.8, 4) is 5.69 Å². The van der Waals surface area contributed by atoms with Crippen LogP contribution < -0.4 is 10.6 Å². The Balaban J connectivity index is 1.90. The molecule has 2 N–H and O–H groups in total. The van der Waals surface area contributed by atoms with Crippen molar-refractivity contribution in [1.82, 2.24) is 30.3 Å². The van der Waals surface area contributed by atoms with Crippen LogP contribution in [0.3, 0.4) is 0 Å². The van der Waals surface area contributed by atoms with E-state index in [-0.39, 0.29) is 0 Å². The predicted octanol–water partition coefficient (Wildman–Crippen LogP) is 2.44. The van der Waals surface area contributed by atoms with E-state index in [0.29, 0.717) is 18.6 Å². The molecule has 0 aliphatic heterocycles. The van der Waals surface area contributed by atoms with Crippen molar-refractivity contribution >= 4 is 5.96 Å². The van der Waals surface area contributed by atoms with Crippen LogP contribution in [0, 0.1) is 0 Å². The summed E-state index contributed by atoms with van der Waals surface area (Å²) in [6, 6.07) is 9.28. The molecule has 7 heteroatoms. The molecule has 0 amide bonds. The van der Waals surface area contributed by atoms with Gasteiger partial charge in [-0.25, -0.2) is 14.7 Å². The zero-order valence-corrected chi connectivity index (χ0v) is 17.2. The van der Waals surface area contributed by atoms with Gasteiger partial charge in [0.05, 0.1) is 12.2 Å². The molecule has 1 aromatic carbocycles. The fourth-order valence-corrected chi connectivity index (χ4v) is 3.02. The van der Waals surface area contributed by atoms with Crippen molar-refractivity contribution in [3.05, 3.63) is 42.5 Å². The second-order valence-electron chi connectivity index (χ2n) is 7.05. The van der Waals surface area contributed by atoms with Crippen LogP contribution in [0.25, 0.3) is 5.69 Å². The minimum Gasteiger partial charge on any atom is -0.357 e. The number of guanidine groups is 1. The van der Waals surface area contributed by atoms with Gasteiger partial charge in [0.15, 0.2) is 5.96 Å². The Bertz CT molecular complexity index is 667. The van der Waals surface area contributed by atoms with Crippen molar-refractivity contribution < 1.29 is 0 Å². The van der Waals surface area contributed by atoms with Crippen LogP contribution in [0.4, 0.5) is 0 Å². The third-order valence-corrected chi connectivity index (χ3v) is 4.37. The summed E-state index contributed by atoms with van der Waals surface area (Å²) in [6.07, 6.45) is 3.23. The first-order valence-corrected chi connectivity index (χ1v) is 9.73. The molecule has 1 aromatic heterocycles. The van der Waals surface area contributed by atoms with E-state index in [0.717, 1.165) is 36.8 Å². The molecule has 1 heterocycles. The van der Waals surface area contributed by atoms with Gasteiger partial charge in [-0.15, -0.1) is 0 Å². The zero-order valence-electron chi connectivity index (χ0n) is 17.2. The number of benzene rings is 1. The first-order chi connectivity index (χ1) is 13.0. The lowest BCUT2D eigenvalue weighted by Crippen LogP contribution is -2.45. The van der Waals surface area contributed by atoms with Crippen molar-refractivity contribution in [2.24, 2.45) is 4.99 Å². The maximum Gasteiger partial charge on any atom is 0.191 e. The maximum absolute atomic E-state index is 4.70. The Morgan fingerprint density at radius 2 is 1.81 bits per heavy atom. The number of hydrogen-bond donors (Lipinski definition) is 2. The molecule has 0 atom stereocenters. The lowest BCUT2D eigenvalue weighted by Gasteiger charge is -2.30. The Morgan fingerprint density at radius 1 is 1.11 bits per heavy atom. The van der Waals surface area contributed by atoms with E-state index in [2.05, 4.69) is 72.4 Å². The fraction of sp³-hybridized carbons (Fsp3) is 0.550. The first-order valence-electron chi connectivity index (χ1n) is 9.73. The number of rotatable bonds is 9. The van der Waals surface area contributed by atoms with E-state index >= 15 is 0 Å². The molecule has 2 rings (SSSR count). The summed E-state index contributed by atoms with van der Waals surface area (Å²) in [5, 5.41) is 10.9. The lowest BCUT2D eigenvalue weighted by molar-refractivity contribution is 0.178. The topological polar surface area (TPSA) is 70.4 Å². The van der Waals surface area contributed by atoms with Gasteiger partial charge in [0.25, 0.3) is 0 Å². The molecule has 0 unspecified atom stereocenters. The van der Waals surface area contributed by atoms with Gasteiger partial charge in [-0.05, 0) is 52.3 Å². The summed E-state index contributed by atoms with van der Waals surface area (Å²) in [5.74, 6) is 0.852. The van der Waals surface area contributed by atoms with Crippen molar-refractivity contribution in [2.45, 2.75) is 53.2 Å². The highest BCUT2D eigenvalue weighted by molar-refractivity contribution is 5.79. The summed E-state index contributed by atoms with van der Waals surface area (Å²) in [4.78, 5) is 11.1. The van der Waals surface area contributed by atoms with Gasteiger partial charge in [0.2, 0.25) is 0 Å². The van der Waals surface area contributed by atoms with E-state index in [1.165, 1.54) is 6.33 Å². The maximum atomic E-state index is 4.70. The standard InChI is InChI=1S/C20H33N7/c1-6-22-20(23-11-12-26(16(2)3)17(4)5)24-13-18-7-9-19(10-8-18)27-15-21-14-25-27/h7-10,14-17H,6,11-13H2,1-5H3,(H2,22,23,24). The molecule has 148 valence electrons. The number of aromatic nitrogens is 3. The highest BCUT2D eigenvalue weighted by atomic mass is 15.3. The molecule has 0 bridgehead atoms. The normalized spacial score (nSPS) is 12.2. The Kier molecular flexibility index (Phi) is 8.26. The van der Waals surface area contributed by atoms with Crippen LogP contribution in [0.1, 0.15) is 40.2 Å². The van der Waals surface area contributed by atoms with E-state index < -0.39 is 0 Å². The fourth-order valence-electron chi connectivity index (χ4n) is 3.02. The third kappa shape index (κ3) is 6.67. The second-order valence-corrected chi connectivity index (χ2v) is 7.05. The summed E-state index contributed by atoms with van der Waals surface area (Å²) in [6.45, 7) is 14.4. The monoisotopic (exact) mass is 371 g/mol. The molecule has 0 aliphatic rings. The van der Waals surface area contributed by atoms with Gasteiger partial charge >= 0.3 is 0 Å². The number of nitrogens with one attached hydrogen (secondary N) is 2. The minimum atomic E-state index is 0.537. The summed E-state index contributed by atoms with van der Waals surface area (Å²) < 4.78 is 1.74. The highest BCUT2D eigenvalue weighted by Gasteiger charge is 2.12. The summed E-state index contributed by atoms with van der Waals surface area (Å²) in [5.41, 5.74) is 2.15. The largest absolute Gasteiger partial charge is 0.357 e. The van der Waals surface area contributed by atoms with E-state index in [4.69, 9.17) is 4.99 Å². The molecule has 0 aliphatic carbocycles.